The molecule has 1 aromatic heterocycles. The molecule has 3 heteroatoms. The zero-order chi connectivity index (χ0) is 10.7. The highest BCUT2D eigenvalue weighted by atomic mass is 16.3. The van der Waals surface area contributed by atoms with Gasteiger partial charge in [-0.05, 0) is 25.0 Å². The Bertz CT molecular complexity index is 581. The van der Waals surface area contributed by atoms with Crippen LogP contribution in [0.2, 0.25) is 0 Å². The maximum Gasteiger partial charge on any atom is 0.0890 e. The lowest BCUT2D eigenvalue weighted by Gasteiger charge is -2.18. The summed E-state index contributed by atoms with van der Waals surface area (Å²) in [6.07, 6.45) is 1.70. The SMILES string of the molecule is O[C@H]1C[C@@H]2C[C@H]1c1nc3ccccc3nc12. The Morgan fingerprint density at radius 2 is 1.69 bits per heavy atom. The predicted molar refractivity (Wildman–Crippen MR) is 60.3 cm³/mol. The van der Waals surface area contributed by atoms with Crippen molar-refractivity contribution < 1.29 is 5.11 Å². The maximum atomic E-state index is 9.87. The van der Waals surface area contributed by atoms with Crippen LogP contribution in [0.5, 0.6) is 0 Å². The molecule has 0 saturated heterocycles. The molecule has 2 bridgehead atoms. The Labute approximate surface area is 93.2 Å². The normalized spacial score (nSPS) is 30.9. The average molecular weight is 212 g/mol. The summed E-state index contributed by atoms with van der Waals surface area (Å²) in [6, 6.07) is 7.96. The van der Waals surface area contributed by atoms with Crippen molar-refractivity contribution in [3.05, 3.63) is 35.7 Å². The second-order valence-electron chi connectivity index (χ2n) is 4.82. The lowest BCUT2D eigenvalue weighted by Crippen LogP contribution is -2.17. The summed E-state index contributed by atoms with van der Waals surface area (Å²) in [6.45, 7) is 0. The van der Waals surface area contributed by atoms with Gasteiger partial charge in [0.15, 0.2) is 0 Å². The standard InChI is InChI=1S/C13H12N2O/c16-11-6-7-5-8(11)13-12(7)14-9-3-1-2-4-10(9)15-13/h1-4,7-8,11,16H,5-6H2/t7-,8+,11-/m0/s1. The highest BCUT2D eigenvalue weighted by Crippen LogP contribution is 2.51. The molecule has 1 heterocycles. The second kappa shape index (κ2) is 2.80. The molecule has 1 saturated carbocycles. The molecule has 1 aromatic carbocycles. The molecule has 4 rings (SSSR count). The van der Waals surface area contributed by atoms with Gasteiger partial charge in [0.25, 0.3) is 0 Å². The van der Waals surface area contributed by atoms with Crippen LogP contribution >= 0.6 is 0 Å². The van der Waals surface area contributed by atoms with Gasteiger partial charge in [-0.15, -0.1) is 0 Å². The third-order valence-corrected chi connectivity index (χ3v) is 3.89. The second-order valence-corrected chi connectivity index (χ2v) is 4.82. The minimum absolute atomic E-state index is 0.201. The Kier molecular flexibility index (Phi) is 1.51. The average Bonchev–Trinajstić information content (AvgIpc) is 2.84. The number of hydrogen-bond acceptors (Lipinski definition) is 3. The van der Waals surface area contributed by atoms with E-state index in [0.29, 0.717) is 5.92 Å². The van der Waals surface area contributed by atoms with Crippen molar-refractivity contribution in [2.24, 2.45) is 0 Å². The van der Waals surface area contributed by atoms with Crippen LogP contribution in [-0.2, 0) is 0 Å². The number of para-hydroxylation sites is 2. The van der Waals surface area contributed by atoms with Crippen LogP contribution < -0.4 is 0 Å². The lowest BCUT2D eigenvalue weighted by atomic mass is 9.97. The molecule has 1 N–H and O–H groups in total. The van der Waals surface area contributed by atoms with E-state index < -0.39 is 0 Å². The molecule has 0 amide bonds. The van der Waals surface area contributed by atoms with Crippen molar-refractivity contribution >= 4 is 11.0 Å². The Morgan fingerprint density at radius 1 is 1.00 bits per heavy atom. The first-order chi connectivity index (χ1) is 7.83. The van der Waals surface area contributed by atoms with Crippen molar-refractivity contribution in [3.8, 4) is 0 Å². The predicted octanol–water partition coefficient (Wildman–Crippen LogP) is 1.97. The topological polar surface area (TPSA) is 46.0 Å². The first-order valence-corrected chi connectivity index (χ1v) is 5.77. The minimum atomic E-state index is -0.201. The summed E-state index contributed by atoms with van der Waals surface area (Å²) in [5.74, 6) is 0.671. The Hall–Kier alpha value is -1.48. The summed E-state index contributed by atoms with van der Waals surface area (Å²) < 4.78 is 0. The molecule has 2 aliphatic rings. The van der Waals surface area contributed by atoms with E-state index in [0.717, 1.165) is 35.3 Å². The van der Waals surface area contributed by atoms with E-state index in [9.17, 15) is 5.11 Å². The molecule has 0 aliphatic heterocycles. The highest BCUT2D eigenvalue weighted by molar-refractivity contribution is 5.74. The molecule has 3 nitrogen and oxygen atoms in total. The van der Waals surface area contributed by atoms with Crippen molar-refractivity contribution in [1.29, 1.82) is 0 Å². The van der Waals surface area contributed by atoms with Crippen LogP contribution in [0.15, 0.2) is 24.3 Å². The Balaban J connectivity index is 2.01. The number of fused-ring (bicyclic) bond motifs is 6. The van der Waals surface area contributed by atoms with Crippen LogP contribution in [0, 0.1) is 0 Å². The van der Waals surface area contributed by atoms with E-state index in [1.54, 1.807) is 0 Å². The smallest absolute Gasteiger partial charge is 0.0890 e. The van der Waals surface area contributed by atoms with Crippen LogP contribution in [0.25, 0.3) is 11.0 Å². The lowest BCUT2D eigenvalue weighted by molar-refractivity contribution is 0.156. The number of nitrogens with zero attached hydrogens (tertiary/aromatic N) is 2. The van der Waals surface area contributed by atoms with Gasteiger partial charge in [-0.1, -0.05) is 12.1 Å². The van der Waals surface area contributed by atoms with Crippen molar-refractivity contribution in [2.45, 2.75) is 30.8 Å². The van der Waals surface area contributed by atoms with E-state index in [1.165, 1.54) is 0 Å². The van der Waals surface area contributed by atoms with E-state index in [-0.39, 0.29) is 12.0 Å². The van der Waals surface area contributed by atoms with Crippen LogP contribution in [0.4, 0.5) is 0 Å². The van der Waals surface area contributed by atoms with Gasteiger partial charge >= 0.3 is 0 Å². The quantitative estimate of drug-likeness (QED) is 0.726. The maximum absolute atomic E-state index is 9.87. The van der Waals surface area contributed by atoms with E-state index in [1.807, 2.05) is 24.3 Å². The van der Waals surface area contributed by atoms with E-state index in [4.69, 9.17) is 4.98 Å². The molecule has 0 unspecified atom stereocenters. The van der Waals surface area contributed by atoms with Crippen LogP contribution in [0.1, 0.15) is 36.1 Å². The molecule has 80 valence electrons. The molecule has 0 spiro atoms. The van der Waals surface area contributed by atoms with Crippen molar-refractivity contribution in [1.82, 2.24) is 9.97 Å². The molecule has 1 fully saturated rings. The largest absolute Gasteiger partial charge is 0.392 e. The number of aliphatic hydroxyl groups is 1. The third-order valence-electron chi connectivity index (χ3n) is 3.89. The van der Waals surface area contributed by atoms with Gasteiger partial charge in [-0.2, -0.15) is 0 Å². The molecule has 2 aliphatic carbocycles. The Morgan fingerprint density at radius 3 is 2.44 bits per heavy atom. The zero-order valence-electron chi connectivity index (χ0n) is 8.80. The molecular formula is C13H12N2O. The van der Waals surface area contributed by atoms with E-state index >= 15 is 0 Å². The summed E-state index contributed by atoms with van der Waals surface area (Å²) in [5.41, 5.74) is 4.10. The third kappa shape index (κ3) is 0.964. The molecule has 0 radical (unpaired) electrons. The summed E-state index contributed by atoms with van der Waals surface area (Å²) in [4.78, 5) is 9.37. The monoisotopic (exact) mass is 212 g/mol. The van der Waals surface area contributed by atoms with Gasteiger partial charge in [-0.25, -0.2) is 9.97 Å². The fourth-order valence-corrected chi connectivity index (χ4v) is 3.13. The number of hydrogen-bond donors (Lipinski definition) is 1. The number of aliphatic hydroxyl groups excluding tert-OH is 1. The van der Waals surface area contributed by atoms with Gasteiger partial charge in [0.1, 0.15) is 0 Å². The minimum Gasteiger partial charge on any atom is -0.392 e. The van der Waals surface area contributed by atoms with Crippen LogP contribution in [-0.4, -0.2) is 21.2 Å². The molecule has 3 atom stereocenters. The van der Waals surface area contributed by atoms with Crippen LogP contribution in [0.3, 0.4) is 0 Å². The number of benzene rings is 1. The molecule has 16 heavy (non-hydrogen) atoms. The van der Waals surface area contributed by atoms with Gasteiger partial charge in [0.2, 0.25) is 0 Å². The first-order valence-electron chi connectivity index (χ1n) is 5.77. The fourth-order valence-electron chi connectivity index (χ4n) is 3.13. The fraction of sp³-hybridized carbons (Fsp3) is 0.385. The zero-order valence-corrected chi connectivity index (χ0v) is 8.80. The molecule has 2 aromatic rings. The number of aromatic nitrogens is 2. The highest BCUT2D eigenvalue weighted by Gasteiger charge is 2.45. The van der Waals surface area contributed by atoms with Crippen molar-refractivity contribution in [2.75, 3.05) is 0 Å². The van der Waals surface area contributed by atoms with Gasteiger partial charge in [0.05, 0.1) is 28.5 Å². The van der Waals surface area contributed by atoms with Gasteiger partial charge < -0.3 is 5.11 Å². The summed E-state index contributed by atoms with van der Waals surface area (Å²) in [7, 11) is 0. The van der Waals surface area contributed by atoms with Crippen molar-refractivity contribution in [3.63, 3.8) is 0 Å². The van der Waals surface area contributed by atoms with Gasteiger partial charge in [-0.3, -0.25) is 0 Å². The summed E-state index contributed by atoms with van der Waals surface area (Å²) >= 11 is 0. The van der Waals surface area contributed by atoms with E-state index in [2.05, 4.69) is 4.98 Å². The van der Waals surface area contributed by atoms with Gasteiger partial charge in [0, 0.05) is 11.8 Å². The summed E-state index contributed by atoms with van der Waals surface area (Å²) in [5, 5.41) is 9.87. The molecular weight excluding hydrogens is 200 g/mol. The number of rotatable bonds is 0. The first kappa shape index (κ1) is 8.65.